The molecule has 2 aromatic rings. The summed E-state index contributed by atoms with van der Waals surface area (Å²) in [5.74, 6) is 0.994. The minimum atomic E-state index is 0.802. The number of hydrogen-bond donors (Lipinski definition) is 1. The Balaban J connectivity index is 1.28. The molecule has 6 heteroatoms. The molecule has 2 aliphatic heterocycles. The second kappa shape index (κ2) is 8.48. The molecule has 27 heavy (non-hydrogen) atoms. The zero-order valence-corrected chi connectivity index (χ0v) is 16.7. The fraction of sp³-hybridized carbons (Fsp3) is 0.381. The average molecular weight is 382 g/mol. The normalized spacial score (nSPS) is 17.7. The van der Waals surface area contributed by atoms with Gasteiger partial charge >= 0.3 is 0 Å². The van der Waals surface area contributed by atoms with Gasteiger partial charge in [-0.3, -0.25) is 4.99 Å². The van der Waals surface area contributed by atoms with E-state index in [1.807, 2.05) is 18.4 Å². The van der Waals surface area contributed by atoms with Crippen molar-refractivity contribution in [1.82, 2.24) is 10.2 Å². The summed E-state index contributed by atoms with van der Waals surface area (Å²) in [6, 6.07) is 13.2. The molecule has 0 radical (unpaired) electrons. The molecule has 1 aromatic heterocycles. The topological polar surface area (TPSA) is 34.1 Å². The van der Waals surface area contributed by atoms with Crippen LogP contribution in [0.5, 0.6) is 0 Å². The molecule has 3 heterocycles. The molecule has 5 nitrogen and oxygen atoms in total. The first-order chi connectivity index (χ1) is 13.3. The maximum Gasteiger partial charge on any atom is 0.194 e. The van der Waals surface area contributed by atoms with Crippen molar-refractivity contribution in [2.45, 2.75) is 6.54 Å². The summed E-state index contributed by atoms with van der Waals surface area (Å²) in [6.45, 7) is 6.91. The molecular weight excluding hydrogens is 354 g/mol. The number of nitrogens with one attached hydrogen (secondary N) is 1. The lowest BCUT2D eigenvalue weighted by Gasteiger charge is -2.37. The van der Waals surface area contributed by atoms with E-state index >= 15 is 0 Å². The van der Waals surface area contributed by atoms with E-state index in [0.717, 1.165) is 51.8 Å². The van der Waals surface area contributed by atoms with E-state index in [-0.39, 0.29) is 0 Å². The van der Waals surface area contributed by atoms with E-state index in [0.29, 0.717) is 0 Å². The number of thiophene rings is 1. The van der Waals surface area contributed by atoms with Gasteiger partial charge in [0.2, 0.25) is 0 Å². The number of benzene rings is 1. The van der Waals surface area contributed by atoms with E-state index in [1.165, 1.54) is 16.3 Å². The molecule has 2 aliphatic rings. The highest BCUT2D eigenvalue weighted by atomic mass is 32.1. The lowest BCUT2D eigenvalue weighted by atomic mass is 10.2. The number of aliphatic imine (C=N–C) groups is 1. The fourth-order valence-electron chi connectivity index (χ4n) is 3.62. The molecule has 0 spiro atoms. The van der Waals surface area contributed by atoms with Gasteiger partial charge in [0.15, 0.2) is 5.96 Å². The van der Waals surface area contributed by atoms with E-state index in [9.17, 15) is 0 Å². The lowest BCUT2D eigenvalue weighted by molar-refractivity contribution is 0.373. The Morgan fingerprint density at radius 3 is 2.37 bits per heavy atom. The van der Waals surface area contributed by atoms with Gasteiger partial charge in [0.05, 0.1) is 5.00 Å². The molecule has 1 aromatic carbocycles. The Bertz CT molecular complexity index is 765. The fourth-order valence-corrected chi connectivity index (χ4v) is 4.40. The summed E-state index contributed by atoms with van der Waals surface area (Å²) in [5.41, 5.74) is 2.57. The van der Waals surface area contributed by atoms with Crippen LogP contribution in [0.3, 0.4) is 0 Å². The SMILES string of the molecule is CN=C(NCc1ccc(N2CC=CC2)cc1)N1CCN(c2cccs2)CC1. The third kappa shape index (κ3) is 4.27. The van der Waals surface area contributed by atoms with Crippen molar-refractivity contribution in [2.75, 3.05) is 56.1 Å². The number of hydrogen-bond acceptors (Lipinski definition) is 4. The highest BCUT2D eigenvalue weighted by molar-refractivity contribution is 7.14. The third-order valence-electron chi connectivity index (χ3n) is 5.18. The second-order valence-corrected chi connectivity index (χ2v) is 7.80. The van der Waals surface area contributed by atoms with Crippen LogP contribution < -0.4 is 15.1 Å². The lowest BCUT2D eigenvalue weighted by Crippen LogP contribution is -2.52. The van der Waals surface area contributed by atoms with Crippen molar-refractivity contribution in [3.05, 3.63) is 59.5 Å². The molecule has 0 aliphatic carbocycles. The molecule has 142 valence electrons. The monoisotopic (exact) mass is 381 g/mol. The van der Waals surface area contributed by atoms with E-state index in [2.05, 4.69) is 78.9 Å². The van der Waals surface area contributed by atoms with Crippen molar-refractivity contribution in [2.24, 2.45) is 4.99 Å². The highest BCUT2D eigenvalue weighted by Gasteiger charge is 2.20. The largest absolute Gasteiger partial charge is 0.364 e. The predicted octanol–water partition coefficient (Wildman–Crippen LogP) is 3.02. The minimum Gasteiger partial charge on any atom is -0.364 e. The zero-order chi connectivity index (χ0) is 18.5. The van der Waals surface area contributed by atoms with Crippen molar-refractivity contribution in [3.63, 3.8) is 0 Å². The Hall–Kier alpha value is -2.47. The van der Waals surface area contributed by atoms with Crippen LogP contribution in [0.25, 0.3) is 0 Å². The molecule has 1 saturated heterocycles. The van der Waals surface area contributed by atoms with Crippen LogP contribution in [0.1, 0.15) is 5.56 Å². The Kier molecular flexibility index (Phi) is 5.63. The first-order valence-corrected chi connectivity index (χ1v) is 10.4. The highest BCUT2D eigenvalue weighted by Crippen LogP contribution is 2.22. The quantitative estimate of drug-likeness (QED) is 0.502. The van der Waals surface area contributed by atoms with E-state index < -0.39 is 0 Å². The van der Waals surface area contributed by atoms with Gasteiger partial charge in [-0.2, -0.15) is 0 Å². The first kappa shape index (κ1) is 17.9. The number of rotatable bonds is 4. The van der Waals surface area contributed by atoms with Gasteiger partial charge in [0.25, 0.3) is 0 Å². The van der Waals surface area contributed by atoms with Crippen LogP contribution in [0.2, 0.25) is 0 Å². The molecule has 0 bridgehead atoms. The molecule has 1 N–H and O–H groups in total. The number of guanidine groups is 1. The summed E-state index contributed by atoms with van der Waals surface area (Å²) in [5, 5.41) is 7.04. The summed E-state index contributed by atoms with van der Waals surface area (Å²) in [6.07, 6.45) is 4.44. The predicted molar refractivity (Wildman–Crippen MR) is 116 cm³/mol. The Labute approximate surface area is 165 Å². The van der Waals surface area contributed by atoms with Gasteiger partial charge in [-0.05, 0) is 35.2 Å². The van der Waals surface area contributed by atoms with Crippen molar-refractivity contribution in [3.8, 4) is 0 Å². The molecule has 0 unspecified atom stereocenters. The van der Waals surface area contributed by atoms with Crippen LogP contribution in [0.15, 0.2) is 58.9 Å². The number of piperazine rings is 1. The van der Waals surface area contributed by atoms with Crippen molar-refractivity contribution in [1.29, 1.82) is 0 Å². The Morgan fingerprint density at radius 1 is 1.00 bits per heavy atom. The maximum absolute atomic E-state index is 4.49. The van der Waals surface area contributed by atoms with Crippen LogP contribution in [0.4, 0.5) is 10.7 Å². The smallest absolute Gasteiger partial charge is 0.194 e. The zero-order valence-electron chi connectivity index (χ0n) is 15.8. The van der Waals surface area contributed by atoms with Gasteiger partial charge in [-0.25, -0.2) is 0 Å². The van der Waals surface area contributed by atoms with E-state index in [1.54, 1.807) is 0 Å². The number of nitrogens with zero attached hydrogens (tertiary/aromatic N) is 4. The van der Waals surface area contributed by atoms with Gasteiger partial charge in [0, 0.05) is 58.5 Å². The van der Waals surface area contributed by atoms with Crippen LogP contribution in [0, 0.1) is 0 Å². The van der Waals surface area contributed by atoms with Gasteiger partial charge < -0.3 is 20.0 Å². The standard InChI is InChI=1S/C21H27N5S/c1-22-21(26-14-12-25(13-15-26)20-5-4-16-27-20)23-17-18-6-8-19(9-7-18)24-10-2-3-11-24/h2-9,16H,10-15,17H2,1H3,(H,22,23). The average Bonchev–Trinajstić information content (AvgIpc) is 3.44. The van der Waals surface area contributed by atoms with Crippen LogP contribution in [-0.4, -0.2) is 57.2 Å². The molecule has 1 fully saturated rings. The summed E-state index contributed by atoms with van der Waals surface area (Å²) in [7, 11) is 1.87. The van der Waals surface area contributed by atoms with Gasteiger partial charge in [0.1, 0.15) is 0 Å². The summed E-state index contributed by atoms with van der Waals surface area (Å²) >= 11 is 1.82. The minimum absolute atomic E-state index is 0.802. The molecule has 0 atom stereocenters. The van der Waals surface area contributed by atoms with Crippen molar-refractivity contribution >= 4 is 28.0 Å². The van der Waals surface area contributed by atoms with Gasteiger partial charge in [-0.1, -0.05) is 24.3 Å². The van der Waals surface area contributed by atoms with Crippen LogP contribution >= 0.6 is 11.3 Å². The van der Waals surface area contributed by atoms with E-state index in [4.69, 9.17) is 0 Å². The second-order valence-electron chi connectivity index (χ2n) is 6.87. The van der Waals surface area contributed by atoms with Crippen LogP contribution in [-0.2, 0) is 6.54 Å². The number of anilines is 2. The maximum atomic E-state index is 4.49. The molecular formula is C21H27N5S. The summed E-state index contributed by atoms with van der Waals surface area (Å²) in [4.78, 5) is 11.7. The third-order valence-corrected chi connectivity index (χ3v) is 6.11. The molecule has 0 saturated carbocycles. The summed E-state index contributed by atoms with van der Waals surface area (Å²) < 4.78 is 0. The van der Waals surface area contributed by atoms with Crippen molar-refractivity contribution < 1.29 is 0 Å². The van der Waals surface area contributed by atoms with Gasteiger partial charge in [-0.15, -0.1) is 11.3 Å². The first-order valence-electron chi connectivity index (χ1n) is 9.56. The molecule has 0 amide bonds. The Morgan fingerprint density at radius 2 is 1.74 bits per heavy atom. The molecule has 4 rings (SSSR count).